The van der Waals surface area contributed by atoms with Crippen LogP contribution in [0.15, 0.2) is 43.0 Å². The van der Waals surface area contributed by atoms with Gasteiger partial charge in [-0.1, -0.05) is 6.07 Å². The Morgan fingerprint density at radius 2 is 2.08 bits per heavy atom. The minimum Gasteiger partial charge on any atom is -0.354 e. The number of hydrogen-bond donors (Lipinski definition) is 2. The minimum atomic E-state index is -0.398. The van der Waals surface area contributed by atoms with Crippen LogP contribution in [-0.2, 0) is 18.3 Å². The van der Waals surface area contributed by atoms with E-state index in [9.17, 15) is 4.79 Å². The lowest BCUT2D eigenvalue weighted by Crippen LogP contribution is -2.36. The normalized spacial score (nSPS) is 11.4. The molecule has 0 bridgehead atoms. The first-order chi connectivity index (χ1) is 11.2. The number of hydrogen-bond acceptors (Lipinski definition) is 4. The van der Waals surface area contributed by atoms with Gasteiger partial charge in [0.1, 0.15) is 11.7 Å². The highest BCUT2D eigenvalue weighted by molar-refractivity contribution is 5.85. The Bertz CT molecular complexity index is 783. The third-order valence-electron chi connectivity index (χ3n) is 3.70. The summed E-state index contributed by atoms with van der Waals surface area (Å²) in [6.07, 6.45) is 8.17. The lowest BCUT2D eigenvalue weighted by atomic mass is 10.1. The van der Waals surface area contributed by atoms with Gasteiger partial charge in [0.2, 0.25) is 5.91 Å². The Morgan fingerprint density at radius 3 is 2.72 bits per heavy atom. The van der Waals surface area contributed by atoms with Gasteiger partial charge in [0.15, 0.2) is 0 Å². The van der Waals surface area contributed by atoms with Crippen LogP contribution < -0.4 is 10.6 Å². The van der Waals surface area contributed by atoms with Crippen LogP contribution in [0.4, 0.5) is 0 Å². The van der Waals surface area contributed by atoms with Crippen LogP contribution >= 0.6 is 24.8 Å². The van der Waals surface area contributed by atoms with Crippen molar-refractivity contribution >= 4 is 36.4 Å². The highest BCUT2D eigenvalue weighted by Gasteiger charge is 2.19. The second-order valence-electron chi connectivity index (χ2n) is 5.41. The lowest BCUT2D eigenvalue weighted by Gasteiger charge is -2.14. The van der Waals surface area contributed by atoms with Crippen molar-refractivity contribution in [2.24, 2.45) is 7.05 Å². The van der Waals surface area contributed by atoms with Crippen LogP contribution in [0.3, 0.4) is 0 Å². The van der Waals surface area contributed by atoms with Crippen LogP contribution in [0.2, 0.25) is 0 Å². The van der Waals surface area contributed by atoms with Crippen LogP contribution in [0.5, 0.6) is 0 Å². The van der Waals surface area contributed by atoms with E-state index in [2.05, 4.69) is 20.7 Å². The number of nitrogens with one attached hydrogen (secondary N) is 2. The molecule has 0 fully saturated rings. The maximum atomic E-state index is 12.3. The van der Waals surface area contributed by atoms with Gasteiger partial charge >= 0.3 is 0 Å². The summed E-state index contributed by atoms with van der Waals surface area (Å²) >= 11 is 0. The number of carbonyl (C=O) groups excluding carboxylic acids is 1. The van der Waals surface area contributed by atoms with E-state index in [0.717, 1.165) is 16.9 Å². The number of nitrogens with zero attached hydrogens (tertiary/aromatic N) is 4. The summed E-state index contributed by atoms with van der Waals surface area (Å²) in [5, 5.41) is 10.1. The molecule has 0 aliphatic rings. The molecule has 3 aromatic rings. The fourth-order valence-corrected chi connectivity index (χ4v) is 2.56. The summed E-state index contributed by atoms with van der Waals surface area (Å²) in [7, 11) is 3.59. The minimum absolute atomic E-state index is 0. The molecule has 1 amide bonds. The first kappa shape index (κ1) is 21.0. The van der Waals surface area contributed by atoms with Crippen molar-refractivity contribution in [1.82, 2.24) is 29.8 Å². The molecule has 25 heavy (non-hydrogen) atoms. The quantitative estimate of drug-likeness (QED) is 0.675. The first-order valence-corrected chi connectivity index (χ1v) is 7.53. The summed E-state index contributed by atoms with van der Waals surface area (Å²) in [5.74, 6) is -0.0655. The van der Waals surface area contributed by atoms with Gasteiger partial charge in [0, 0.05) is 44.2 Å². The smallest absolute Gasteiger partial charge is 0.241 e. The lowest BCUT2D eigenvalue weighted by molar-refractivity contribution is -0.123. The molecule has 7 nitrogen and oxygen atoms in total. The Labute approximate surface area is 158 Å². The van der Waals surface area contributed by atoms with Crippen molar-refractivity contribution in [3.8, 4) is 0 Å². The summed E-state index contributed by atoms with van der Waals surface area (Å²) in [5.41, 5.74) is 2.72. The van der Waals surface area contributed by atoms with E-state index in [0.29, 0.717) is 13.0 Å². The number of carbonyl (C=O) groups is 1. The Morgan fingerprint density at radius 1 is 1.28 bits per heavy atom. The van der Waals surface area contributed by atoms with Gasteiger partial charge in [0.25, 0.3) is 0 Å². The summed E-state index contributed by atoms with van der Waals surface area (Å²) in [6, 6.07) is 5.48. The van der Waals surface area contributed by atoms with Gasteiger partial charge in [-0.2, -0.15) is 5.10 Å². The third kappa shape index (κ3) is 4.94. The second kappa shape index (κ2) is 9.41. The largest absolute Gasteiger partial charge is 0.354 e. The third-order valence-corrected chi connectivity index (χ3v) is 3.70. The molecule has 2 N–H and O–H groups in total. The second-order valence-corrected chi connectivity index (χ2v) is 5.41. The zero-order valence-corrected chi connectivity index (χ0v) is 15.7. The monoisotopic (exact) mass is 384 g/mol. The van der Waals surface area contributed by atoms with E-state index in [1.165, 1.54) is 0 Å². The Hall–Kier alpha value is -2.09. The predicted octanol–water partition coefficient (Wildman–Crippen LogP) is 1.53. The first-order valence-electron chi connectivity index (χ1n) is 7.53. The van der Waals surface area contributed by atoms with Crippen LogP contribution in [0.25, 0.3) is 5.65 Å². The number of pyridine rings is 1. The number of halogens is 2. The molecule has 136 valence electrons. The van der Waals surface area contributed by atoms with E-state index in [4.69, 9.17) is 0 Å². The van der Waals surface area contributed by atoms with Crippen molar-refractivity contribution in [1.29, 1.82) is 0 Å². The molecule has 1 atom stereocenters. The van der Waals surface area contributed by atoms with Crippen LogP contribution in [0, 0.1) is 0 Å². The van der Waals surface area contributed by atoms with E-state index in [-0.39, 0.29) is 30.7 Å². The highest BCUT2D eigenvalue weighted by atomic mass is 35.5. The predicted molar refractivity (Wildman–Crippen MR) is 101 cm³/mol. The summed E-state index contributed by atoms with van der Waals surface area (Å²) in [4.78, 5) is 16.8. The number of amides is 1. The van der Waals surface area contributed by atoms with Gasteiger partial charge in [-0.05, 0) is 19.2 Å². The SMILES string of the molecule is CNC(C(=O)NCCc1cn2ccccc2n1)c1cnn(C)c1.Cl.Cl. The van der Waals surface area contributed by atoms with Gasteiger partial charge in [-0.3, -0.25) is 9.48 Å². The molecule has 9 heteroatoms. The average Bonchev–Trinajstić information content (AvgIpc) is 3.14. The van der Waals surface area contributed by atoms with Gasteiger partial charge in [-0.15, -0.1) is 24.8 Å². The molecule has 0 aliphatic heterocycles. The molecule has 0 saturated heterocycles. The maximum absolute atomic E-state index is 12.3. The van der Waals surface area contributed by atoms with Gasteiger partial charge < -0.3 is 15.0 Å². The van der Waals surface area contributed by atoms with Crippen molar-refractivity contribution in [2.45, 2.75) is 12.5 Å². The molecular weight excluding hydrogens is 363 g/mol. The number of likely N-dealkylation sites (N-methyl/N-ethyl adjacent to an activating group) is 1. The number of imidazole rings is 1. The molecule has 3 heterocycles. The number of rotatable bonds is 6. The van der Waals surface area contributed by atoms with Crippen molar-refractivity contribution < 1.29 is 4.79 Å². The van der Waals surface area contributed by atoms with E-state index in [1.54, 1.807) is 17.9 Å². The van der Waals surface area contributed by atoms with Gasteiger partial charge in [-0.25, -0.2) is 4.98 Å². The van der Waals surface area contributed by atoms with E-state index in [1.807, 2.05) is 48.2 Å². The maximum Gasteiger partial charge on any atom is 0.241 e. The van der Waals surface area contributed by atoms with Crippen LogP contribution in [-0.4, -0.2) is 38.7 Å². The molecule has 0 aliphatic carbocycles. The molecule has 3 aromatic heterocycles. The van der Waals surface area contributed by atoms with Crippen molar-refractivity contribution in [3.05, 3.63) is 54.2 Å². The van der Waals surface area contributed by atoms with E-state index < -0.39 is 6.04 Å². The number of fused-ring (bicyclic) bond motifs is 1. The zero-order chi connectivity index (χ0) is 16.2. The standard InChI is InChI=1S/C16H20N6O.2ClH/c1-17-15(12-9-19-21(2)10-12)16(23)18-7-6-13-11-22-8-4-3-5-14(22)20-13;;/h3-5,8-11,15,17H,6-7H2,1-2H3,(H,18,23);2*1H. The van der Waals surface area contributed by atoms with Crippen molar-refractivity contribution in [3.63, 3.8) is 0 Å². The zero-order valence-electron chi connectivity index (χ0n) is 14.0. The topological polar surface area (TPSA) is 76.2 Å². The molecule has 1 unspecified atom stereocenters. The van der Waals surface area contributed by atoms with E-state index >= 15 is 0 Å². The highest BCUT2D eigenvalue weighted by Crippen LogP contribution is 2.11. The summed E-state index contributed by atoms with van der Waals surface area (Å²) < 4.78 is 3.66. The molecule has 0 aromatic carbocycles. The fraction of sp³-hybridized carbons (Fsp3) is 0.312. The Balaban J connectivity index is 0.00000156. The molecule has 0 radical (unpaired) electrons. The van der Waals surface area contributed by atoms with Crippen LogP contribution in [0.1, 0.15) is 17.3 Å². The molecule has 0 saturated carbocycles. The van der Waals surface area contributed by atoms with Crippen molar-refractivity contribution in [2.75, 3.05) is 13.6 Å². The molecular formula is C16H22Cl2N6O. The van der Waals surface area contributed by atoms with Gasteiger partial charge in [0.05, 0.1) is 11.9 Å². The number of aromatic nitrogens is 4. The molecule has 3 rings (SSSR count). The average molecular weight is 385 g/mol. The molecule has 0 spiro atoms. The number of aryl methyl sites for hydroxylation is 1. The Kier molecular flexibility index (Phi) is 7.89. The summed E-state index contributed by atoms with van der Waals surface area (Å²) in [6.45, 7) is 0.543. The fourth-order valence-electron chi connectivity index (χ4n) is 2.56.